The Morgan fingerprint density at radius 2 is 0.782 bits per heavy atom. The van der Waals surface area contributed by atoms with Crippen LogP contribution < -0.4 is 31.1 Å². The molecule has 0 spiro atoms. The fourth-order valence-corrected chi connectivity index (χ4v) is 14.9. The first-order valence-electron chi connectivity index (χ1n) is 35.5. The standard InChI is InChI=1S/2C25H23FN4O.C18H20N4.C7H4ClFO.C6H15N/c2*1-15-27-11-8-23(28-15)30-14-17-12-20(17)21-13-18(4-7-22(21)30)25(9-10-25)29-24(31)16-2-5-19(26)6-3-16;1-11-20-7-4-17(21-11)22-10-12-8-14(12)15-9-13(2-3-16(15)22)18(19)5-6-18;8-7(10)5-1-3-6(9)4-2-5;1-4-7(5-2)6-3/h2*2-8,11,13,17,20H,9-10,12,14H2,1H3,(H,29,31);2-4,7,9,12,14H,5-6,8,10,19H2,1H3;1-4H;4-6H2,1-3H3/t2*17-,20-;;;/m10.../s1. The minimum Gasteiger partial charge on any atom is -0.343 e. The van der Waals surface area contributed by atoms with Gasteiger partial charge in [0.25, 0.3) is 17.1 Å². The van der Waals surface area contributed by atoms with Crippen LogP contribution in [0, 0.1) is 56.0 Å². The first-order valence-corrected chi connectivity index (χ1v) is 35.9. The molecule has 3 aliphatic heterocycles. The average Bonchev–Trinajstić information content (AvgIpc) is 1.58. The van der Waals surface area contributed by atoms with E-state index in [4.69, 9.17) is 17.3 Å². The van der Waals surface area contributed by atoms with Crippen LogP contribution in [0.1, 0.15) is 178 Å². The number of rotatable bonds is 14. The van der Waals surface area contributed by atoms with Gasteiger partial charge in [-0.1, -0.05) is 57.2 Å². The maximum atomic E-state index is 13.2. The summed E-state index contributed by atoms with van der Waals surface area (Å²) in [7, 11) is 0. The summed E-state index contributed by atoms with van der Waals surface area (Å²) in [4.78, 5) is 71.9. The molecule has 3 aromatic heterocycles. The Kier molecular flexibility index (Phi) is 19.2. The number of nitrogens with two attached hydrogens (primary N) is 1. The van der Waals surface area contributed by atoms with Crippen molar-refractivity contribution in [2.24, 2.45) is 23.5 Å². The van der Waals surface area contributed by atoms with Crippen LogP contribution in [0.15, 0.2) is 164 Å². The van der Waals surface area contributed by atoms with E-state index in [-0.39, 0.29) is 45.9 Å². The highest BCUT2D eigenvalue weighted by Gasteiger charge is 2.52. The van der Waals surface area contributed by atoms with Gasteiger partial charge < -0.3 is 36.0 Å². The smallest absolute Gasteiger partial charge is 0.252 e. The maximum Gasteiger partial charge on any atom is 0.252 e. The molecule has 0 saturated heterocycles. The lowest BCUT2D eigenvalue weighted by Gasteiger charge is -2.31. The van der Waals surface area contributed by atoms with Gasteiger partial charge in [0.05, 0.1) is 11.1 Å². The molecule has 0 bridgehead atoms. The molecule has 6 fully saturated rings. The molecule has 9 aromatic rings. The van der Waals surface area contributed by atoms with Crippen molar-refractivity contribution in [3.63, 3.8) is 0 Å². The first kappa shape index (κ1) is 68.7. The minimum atomic E-state index is -0.569. The molecule has 520 valence electrons. The lowest BCUT2D eigenvalue weighted by atomic mass is 9.94. The van der Waals surface area contributed by atoms with E-state index in [0.29, 0.717) is 40.4 Å². The van der Waals surface area contributed by atoms with Gasteiger partial charge in [0.15, 0.2) is 0 Å². The second kappa shape index (κ2) is 28.2. The zero-order valence-corrected chi connectivity index (χ0v) is 58.7. The summed E-state index contributed by atoms with van der Waals surface area (Å²) in [5.74, 6) is 7.91. The third kappa shape index (κ3) is 15.1. The van der Waals surface area contributed by atoms with Crippen molar-refractivity contribution in [3.05, 3.63) is 249 Å². The van der Waals surface area contributed by atoms with E-state index in [1.54, 1.807) is 0 Å². The number of carbonyl (C=O) groups is 3. The number of halogens is 4. The van der Waals surface area contributed by atoms with Gasteiger partial charge in [0.1, 0.15) is 52.4 Å². The Bertz CT molecular complexity index is 4370. The van der Waals surface area contributed by atoms with Gasteiger partial charge in [0.2, 0.25) is 0 Å². The number of anilines is 6. The van der Waals surface area contributed by atoms with Crippen molar-refractivity contribution >= 4 is 63.2 Å². The number of nitrogens with one attached hydrogen (secondary N) is 2. The summed E-state index contributed by atoms with van der Waals surface area (Å²) >= 11 is 5.09. The van der Waals surface area contributed by atoms with Gasteiger partial charge in [-0.25, -0.2) is 43.1 Å². The van der Waals surface area contributed by atoms with Crippen LogP contribution in [-0.4, -0.2) is 91.1 Å². The lowest BCUT2D eigenvalue weighted by Crippen LogP contribution is -2.35. The Labute approximate surface area is 593 Å². The lowest BCUT2D eigenvalue weighted by molar-refractivity contribution is 0.0922. The highest BCUT2D eigenvalue weighted by molar-refractivity contribution is 6.67. The van der Waals surface area contributed by atoms with Crippen LogP contribution in [0.2, 0.25) is 0 Å². The molecule has 16 nitrogen and oxygen atoms in total. The molecule has 18 rings (SSSR count). The average molecular weight is 1380 g/mol. The molecule has 4 N–H and O–H groups in total. The predicted octanol–water partition coefficient (Wildman–Crippen LogP) is 15.7. The van der Waals surface area contributed by atoms with Crippen molar-refractivity contribution in [1.82, 2.24) is 45.4 Å². The molecule has 20 heteroatoms. The molecule has 6 aromatic carbocycles. The summed E-state index contributed by atoms with van der Waals surface area (Å²) in [5.41, 5.74) is 18.5. The Hall–Kier alpha value is -9.43. The van der Waals surface area contributed by atoms with Crippen LogP contribution in [0.25, 0.3) is 0 Å². The summed E-state index contributed by atoms with van der Waals surface area (Å²) in [6, 6.07) is 42.5. The summed E-state index contributed by atoms with van der Waals surface area (Å²) < 4.78 is 38.6. The van der Waals surface area contributed by atoms with E-state index in [2.05, 4.69) is 136 Å². The highest BCUT2D eigenvalue weighted by Crippen LogP contribution is 2.60. The van der Waals surface area contributed by atoms with Crippen LogP contribution >= 0.6 is 11.6 Å². The largest absolute Gasteiger partial charge is 0.343 e. The number of hydrogen-bond acceptors (Lipinski definition) is 14. The monoisotopic (exact) mass is 1380 g/mol. The Morgan fingerprint density at radius 3 is 1.07 bits per heavy atom. The number of fused-ring (bicyclic) bond motifs is 9. The number of benzene rings is 6. The van der Waals surface area contributed by atoms with E-state index in [0.717, 1.165) is 116 Å². The summed E-state index contributed by atoms with van der Waals surface area (Å²) in [6.45, 7) is 18.9. The number of carbonyl (C=O) groups excluding carboxylic acids is 3. The molecule has 6 atom stereocenters. The topological polar surface area (TPSA) is 192 Å². The summed E-state index contributed by atoms with van der Waals surface area (Å²) in [5, 5.41) is 5.85. The molecule has 2 unspecified atom stereocenters. The van der Waals surface area contributed by atoms with Gasteiger partial charge in [-0.05, 0) is 288 Å². The SMILES string of the molecule is CCN(CC)CC.Cc1nccc(N2CC3CC3c3cc(C4(N)CC4)ccc32)n1.Cc1nccc(N2C[C@@H]3C[C@@H]3c3cc(C4(NC(=O)c5ccc(F)cc5)CC4)ccc32)n1.Cc1nccc(N2C[C@H]3C[C@H]3c3cc(C4(NC(=O)c5ccc(F)cc5)CC4)ccc32)n1.O=C(Cl)c1ccc(F)cc1. The molecule has 6 saturated carbocycles. The molecular formula is C81H85ClF3N13O3. The zero-order chi connectivity index (χ0) is 70.5. The molecule has 101 heavy (non-hydrogen) atoms. The fourth-order valence-electron chi connectivity index (χ4n) is 14.8. The third-order valence-electron chi connectivity index (χ3n) is 21.6. The predicted molar refractivity (Wildman–Crippen MR) is 388 cm³/mol. The molecule has 2 amide bonds. The number of amides is 2. The van der Waals surface area contributed by atoms with Crippen LogP contribution in [0.4, 0.5) is 47.7 Å². The highest BCUT2D eigenvalue weighted by atomic mass is 35.5. The number of aromatic nitrogens is 6. The van der Waals surface area contributed by atoms with E-state index in [1.165, 1.54) is 151 Å². The van der Waals surface area contributed by atoms with Crippen molar-refractivity contribution < 1.29 is 27.6 Å². The second-order valence-electron chi connectivity index (χ2n) is 28.5. The molecule has 6 heterocycles. The molecule has 6 aliphatic carbocycles. The Morgan fingerprint density at radius 1 is 0.465 bits per heavy atom. The quantitative estimate of drug-likeness (QED) is 0.0871. The third-order valence-corrected chi connectivity index (χ3v) is 21.8. The van der Waals surface area contributed by atoms with E-state index >= 15 is 0 Å². The minimum absolute atomic E-state index is 0.0484. The van der Waals surface area contributed by atoms with Gasteiger partial charge >= 0.3 is 0 Å². The molecule has 0 radical (unpaired) electrons. The van der Waals surface area contributed by atoms with Crippen LogP contribution in [-0.2, 0) is 16.6 Å². The van der Waals surface area contributed by atoms with Gasteiger partial charge in [0, 0.05) is 77.5 Å². The molecular weight excluding hydrogens is 1300 g/mol. The van der Waals surface area contributed by atoms with Crippen molar-refractivity contribution in [2.45, 2.75) is 134 Å². The van der Waals surface area contributed by atoms with Gasteiger partial charge in [-0.3, -0.25) is 14.4 Å². The number of nitrogens with zero attached hydrogens (tertiary/aromatic N) is 10. The van der Waals surface area contributed by atoms with Gasteiger partial charge in [-0.2, -0.15) is 0 Å². The maximum absolute atomic E-state index is 13.2. The zero-order valence-electron chi connectivity index (χ0n) is 57.9. The summed E-state index contributed by atoms with van der Waals surface area (Å²) in [6.07, 6.45) is 15.1. The Balaban J connectivity index is 0.000000116. The normalized spacial score (nSPS) is 21.2. The van der Waals surface area contributed by atoms with Crippen molar-refractivity contribution in [2.75, 3.05) is 54.0 Å². The first-order chi connectivity index (χ1) is 48.7. The van der Waals surface area contributed by atoms with E-state index in [9.17, 15) is 27.6 Å². The van der Waals surface area contributed by atoms with Gasteiger partial charge in [-0.15, -0.1) is 0 Å². The van der Waals surface area contributed by atoms with Crippen molar-refractivity contribution in [1.29, 1.82) is 0 Å². The molecule has 9 aliphatic rings. The van der Waals surface area contributed by atoms with Crippen LogP contribution in [0.5, 0.6) is 0 Å². The second-order valence-corrected chi connectivity index (χ2v) is 28.8. The number of aryl methyl sites for hydroxylation is 3. The number of hydrogen-bond donors (Lipinski definition) is 3. The van der Waals surface area contributed by atoms with E-state index in [1.807, 2.05) is 57.6 Å². The fraction of sp³-hybridized carbons (Fsp3) is 0.370. The van der Waals surface area contributed by atoms with Crippen LogP contribution in [0.3, 0.4) is 0 Å². The van der Waals surface area contributed by atoms with E-state index < -0.39 is 5.24 Å². The van der Waals surface area contributed by atoms with Crippen molar-refractivity contribution in [3.8, 4) is 0 Å².